The second-order valence-electron chi connectivity index (χ2n) is 10.8. The van der Waals surface area contributed by atoms with Gasteiger partial charge in [-0.2, -0.15) is 0 Å². The molecule has 3 saturated heterocycles. The van der Waals surface area contributed by atoms with E-state index in [9.17, 15) is 9.18 Å². The van der Waals surface area contributed by atoms with Gasteiger partial charge in [0.1, 0.15) is 12.0 Å². The number of rotatable bonds is 4. The SMILES string of the molecule is C[C@]1(N2CCC(c3cc4cc(NC(=O)[C@@H]5CC56CCOC6)ncc4cc3Cl)CC2)COC[C@H]1F. The standard InChI is InChI=1S/C26H31ClFN3O3/c1-25(14-34-13-22(25)28)31-5-2-16(3-6-31)19-8-17-10-23(29-12-18(17)9-21(19)27)30-24(32)20-11-26(20)4-7-33-15-26/h8-10,12,16,20,22H,2-7,11,13-15H2,1H3,(H,29,30,32)/t20-,22+,25-,26?/m0/s1. The first kappa shape index (κ1) is 22.7. The van der Waals surface area contributed by atoms with Gasteiger partial charge in [0.05, 0.1) is 25.4 Å². The van der Waals surface area contributed by atoms with Crippen LogP contribution in [0.15, 0.2) is 24.4 Å². The van der Waals surface area contributed by atoms with E-state index < -0.39 is 11.7 Å². The predicted octanol–water partition coefficient (Wildman–Crippen LogP) is 4.56. The van der Waals surface area contributed by atoms with Gasteiger partial charge in [-0.15, -0.1) is 0 Å². The number of pyridine rings is 1. The summed E-state index contributed by atoms with van der Waals surface area (Å²) >= 11 is 6.69. The van der Waals surface area contributed by atoms with Crippen molar-refractivity contribution in [2.75, 3.05) is 44.8 Å². The van der Waals surface area contributed by atoms with Crippen LogP contribution < -0.4 is 5.32 Å². The smallest absolute Gasteiger partial charge is 0.229 e. The fourth-order valence-electron chi connectivity index (χ4n) is 6.18. The summed E-state index contributed by atoms with van der Waals surface area (Å²) < 4.78 is 25.4. The highest BCUT2D eigenvalue weighted by Crippen LogP contribution is 2.58. The normalized spacial score (nSPS) is 34.2. The molecule has 6 rings (SSSR count). The van der Waals surface area contributed by atoms with Gasteiger partial charge in [-0.05, 0) is 80.8 Å². The Morgan fingerprint density at radius 2 is 2.03 bits per heavy atom. The molecular weight excluding hydrogens is 457 g/mol. The molecule has 1 aromatic heterocycles. The molecule has 1 saturated carbocycles. The van der Waals surface area contributed by atoms with E-state index in [1.165, 1.54) is 0 Å². The zero-order valence-corrected chi connectivity index (χ0v) is 20.2. The fourth-order valence-corrected chi connectivity index (χ4v) is 6.51. The van der Waals surface area contributed by atoms with Crippen molar-refractivity contribution in [3.63, 3.8) is 0 Å². The number of carbonyl (C=O) groups is 1. The zero-order valence-electron chi connectivity index (χ0n) is 19.5. The minimum Gasteiger partial charge on any atom is -0.381 e. The molecule has 4 fully saturated rings. The number of fused-ring (bicyclic) bond motifs is 1. The van der Waals surface area contributed by atoms with Crippen molar-refractivity contribution in [2.24, 2.45) is 11.3 Å². The van der Waals surface area contributed by atoms with E-state index in [1.807, 2.05) is 19.1 Å². The number of hydrogen-bond acceptors (Lipinski definition) is 5. The highest BCUT2D eigenvalue weighted by atomic mass is 35.5. The van der Waals surface area contributed by atoms with E-state index in [-0.39, 0.29) is 23.8 Å². The third-order valence-corrected chi connectivity index (χ3v) is 9.05. The van der Waals surface area contributed by atoms with Crippen molar-refractivity contribution in [3.8, 4) is 0 Å². The molecule has 8 heteroatoms. The summed E-state index contributed by atoms with van der Waals surface area (Å²) in [5.74, 6) is 0.950. The molecule has 182 valence electrons. The predicted molar refractivity (Wildman–Crippen MR) is 129 cm³/mol. The number of piperidine rings is 1. The highest BCUT2D eigenvalue weighted by Gasteiger charge is 2.59. The van der Waals surface area contributed by atoms with Crippen LogP contribution in [0.3, 0.4) is 0 Å². The van der Waals surface area contributed by atoms with E-state index in [2.05, 4.69) is 21.3 Å². The molecule has 0 bridgehead atoms. The molecule has 1 amide bonds. The number of benzene rings is 1. The Bertz CT molecular complexity index is 1120. The van der Waals surface area contributed by atoms with Gasteiger partial charge in [0.2, 0.25) is 5.91 Å². The van der Waals surface area contributed by atoms with Gasteiger partial charge in [0.15, 0.2) is 0 Å². The van der Waals surface area contributed by atoms with Gasteiger partial charge in [-0.25, -0.2) is 9.37 Å². The number of hydrogen-bond donors (Lipinski definition) is 1. The van der Waals surface area contributed by atoms with E-state index in [0.717, 1.165) is 66.7 Å². The maximum absolute atomic E-state index is 14.5. The van der Waals surface area contributed by atoms with Crippen LogP contribution in [0.2, 0.25) is 5.02 Å². The molecule has 4 heterocycles. The second kappa shape index (κ2) is 8.40. The molecule has 3 aliphatic heterocycles. The van der Waals surface area contributed by atoms with Gasteiger partial charge < -0.3 is 14.8 Å². The molecule has 6 nitrogen and oxygen atoms in total. The maximum Gasteiger partial charge on any atom is 0.229 e. The zero-order chi connectivity index (χ0) is 23.5. The lowest BCUT2D eigenvalue weighted by atomic mass is 9.85. The van der Waals surface area contributed by atoms with E-state index in [4.69, 9.17) is 21.1 Å². The second-order valence-corrected chi connectivity index (χ2v) is 11.2. The number of carbonyl (C=O) groups excluding carboxylic acids is 1. The summed E-state index contributed by atoms with van der Waals surface area (Å²) in [5, 5.41) is 5.72. The van der Waals surface area contributed by atoms with Crippen LogP contribution >= 0.6 is 11.6 Å². The van der Waals surface area contributed by atoms with Crippen molar-refractivity contribution < 1.29 is 18.7 Å². The van der Waals surface area contributed by atoms with Crippen molar-refractivity contribution in [1.82, 2.24) is 9.88 Å². The van der Waals surface area contributed by atoms with Gasteiger partial charge in [0.25, 0.3) is 0 Å². The van der Waals surface area contributed by atoms with E-state index in [1.54, 1.807) is 6.20 Å². The summed E-state index contributed by atoms with van der Waals surface area (Å²) in [4.78, 5) is 19.5. The lowest BCUT2D eigenvalue weighted by Gasteiger charge is -2.43. The van der Waals surface area contributed by atoms with E-state index in [0.29, 0.717) is 24.9 Å². The Morgan fingerprint density at radius 3 is 2.74 bits per heavy atom. The van der Waals surface area contributed by atoms with Gasteiger partial charge in [-0.3, -0.25) is 9.69 Å². The molecule has 1 aromatic carbocycles. The Labute approximate surface area is 204 Å². The van der Waals surface area contributed by atoms with Crippen LogP contribution in [0.5, 0.6) is 0 Å². The maximum atomic E-state index is 14.5. The first-order valence-electron chi connectivity index (χ1n) is 12.3. The number of likely N-dealkylation sites (tertiary alicyclic amines) is 1. The lowest BCUT2D eigenvalue weighted by molar-refractivity contribution is -0.118. The fraction of sp³-hybridized carbons (Fsp3) is 0.615. The molecule has 0 radical (unpaired) electrons. The first-order chi connectivity index (χ1) is 16.4. The molecule has 4 aliphatic rings. The molecule has 2 aromatic rings. The number of anilines is 1. The summed E-state index contributed by atoms with van der Waals surface area (Å²) in [6, 6.07) is 6.04. The number of alkyl halides is 1. The Hall–Kier alpha value is -1.80. The summed E-state index contributed by atoms with van der Waals surface area (Å²) in [6.07, 6.45) is 4.55. The number of ether oxygens (including phenoxy) is 2. The minimum absolute atomic E-state index is 0.0227. The third-order valence-electron chi connectivity index (χ3n) is 8.72. The van der Waals surface area contributed by atoms with Crippen LogP contribution in [-0.4, -0.2) is 67.0 Å². The van der Waals surface area contributed by atoms with Crippen molar-refractivity contribution in [1.29, 1.82) is 0 Å². The van der Waals surface area contributed by atoms with Crippen LogP contribution in [0, 0.1) is 11.3 Å². The number of aromatic nitrogens is 1. The quantitative estimate of drug-likeness (QED) is 0.685. The van der Waals surface area contributed by atoms with Gasteiger partial charge in [0, 0.05) is 34.5 Å². The average molecular weight is 488 g/mol. The number of nitrogens with zero attached hydrogens (tertiary/aromatic N) is 2. The number of amides is 1. The van der Waals surface area contributed by atoms with Crippen molar-refractivity contribution in [2.45, 2.75) is 50.2 Å². The Kier molecular flexibility index (Phi) is 5.60. The first-order valence-corrected chi connectivity index (χ1v) is 12.7. The van der Waals surface area contributed by atoms with Crippen molar-refractivity contribution >= 4 is 34.1 Å². The summed E-state index contributed by atoms with van der Waals surface area (Å²) in [6.45, 7) is 5.70. The van der Waals surface area contributed by atoms with Gasteiger partial charge in [-0.1, -0.05) is 11.6 Å². The van der Waals surface area contributed by atoms with Crippen LogP contribution in [0.25, 0.3) is 10.8 Å². The van der Waals surface area contributed by atoms with Gasteiger partial charge >= 0.3 is 0 Å². The third kappa shape index (κ3) is 3.81. The molecular formula is C26H31ClFN3O3. The number of halogens is 2. The van der Waals surface area contributed by atoms with Crippen molar-refractivity contribution in [3.05, 3.63) is 35.0 Å². The van der Waals surface area contributed by atoms with Crippen LogP contribution in [0.1, 0.15) is 44.1 Å². The molecule has 4 atom stereocenters. The molecule has 34 heavy (non-hydrogen) atoms. The highest BCUT2D eigenvalue weighted by molar-refractivity contribution is 6.32. The monoisotopic (exact) mass is 487 g/mol. The lowest BCUT2D eigenvalue weighted by Crippen LogP contribution is -2.55. The summed E-state index contributed by atoms with van der Waals surface area (Å²) in [7, 11) is 0. The topological polar surface area (TPSA) is 63.7 Å². The Morgan fingerprint density at radius 1 is 1.21 bits per heavy atom. The Balaban J connectivity index is 1.16. The molecule has 1 spiro atoms. The molecule has 1 unspecified atom stereocenters. The average Bonchev–Trinajstić information content (AvgIpc) is 3.14. The summed E-state index contributed by atoms with van der Waals surface area (Å²) in [5.41, 5.74) is 0.647. The van der Waals surface area contributed by atoms with E-state index >= 15 is 0 Å². The van der Waals surface area contributed by atoms with Crippen LogP contribution in [0.4, 0.5) is 10.2 Å². The number of nitrogens with one attached hydrogen (secondary N) is 1. The minimum atomic E-state index is -0.943. The molecule has 1 aliphatic carbocycles. The largest absolute Gasteiger partial charge is 0.381 e. The molecule has 1 N–H and O–H groups in total. The van der Waals surface area contributed by atoms with Crippen LogP contribution in [-0.2, 0) is 14.3 Å².